The van der Waals surface area contributed by atoms with Crippen LogP contribution in [0.25, 0.3) is 0 Å². The smallest absolute Gasteiger partial charge is 0.317 e. The van der Waals surface area contributed by atoms with Crippen molar-refractivity contribution >= 4 is 6.03 Å². The minimum absolute atomic E-state index is 0.0853. The van der Waals surface area contributed by atoms with Crippen molar-refractivity contribution in [1.82, 2.24) is 25.4 Å². The fourth-order valence-electron chi connectivity index (χ4n) is 3.38. The Morgan fingerprint density at radius 3 is 2.62 bits per heavy atom. The van der Waals surface area contributed by atoms with Crippen molar-refractivity contribution in [3.8, 4) is 0 Å². The number of rotatable bonds is 4. The third-order valence-electron chi connectivity index (χ3n) is 5.00. The second-order valence-electron chi connectivity index (χ2n) is 7.27. The van der Waals surface area contributed by atoms with E-state index >= 15 is 0 Å². The van der Waals surface area contributed by atoms with E-state index in [4.69, 9.17) is 4.74 Å². The highest BCUT2D eigenvalue weighted by Gasteiger charge is 2.25. The number of amides is 2. The van der Waals surface area contributed by atoms with Crippen molar-refractivity contribution in [3.63, 3.8) is 0 Å². The number of ether oxygens (including phenoxy) is 1. The first-order valence-corrected chi connectivity index (χ1v) is 9.16. The number of aromatic amines is 1. The molecule has 0 saturated carbocycles. The average molecular weight is 335 g/mol. The lowest BCUT2D eigenvalue weighted by atomic mass is 9.93. The lowest BCUT2D eigenvalue weighted by Crippen LogP contribution is -2.49. The number of hydrogen-bond donors (Lipinski definition) is 2. The molecule has 2 N–H and O–H groups in total. The number of nitrogens with zero attached hydrogens (tertiary/aromatic N) is 3. The van der Waals surface area contributed by atoms with Crippen LogP contribution in [0.1, 0.15) is 57.1 Å². The second kappa shape index (κ2) is 7.96. The average Bonchev–Trinajstić information content (AvgIpc) is 3.05. The molecule has 2 saturated heterocycles. The summed E-state index contributed by atoms with van der Waals surface area (Å²) in [5.74, 6) is 2.79. The van der Waals surface area contributed by atoms with E-state index in [1.165, 1.54) is 0 Å². The van der Waals surface area contributed by atoms with Crippen LogP contribution in [0.5, 0.6) is 0 Å². The van der Waals surface area contributed by atoms with Gasteiger partial charge in [0.15, 0.2) is 5.82 Å². The molecule has 0 bridgehead atoms. The van der Waals surface area contributed by atoms with Crippen molar-refractivity contribution < 1.29 is 9.53 Å². The Balaban J connectivity index is 1.42. The van der Waals surface area contributed by atoms with Gasteiger partial charge in [0.25, 0.3) is 0 Å². The third kappa shape index (κ3) is 4.47. The first-order valence-electron chi connectivity index (χ1n) is 9.16. The Labute approximate surface area is 143 Å². The van der Waals surface area contributed by atoms with Crippen LogP contribution in [0.3, 0.4) is 0 Å². The van der Waals surface area contributed by atoms with Crippen LogP contribution < -0.4 is 5.32 Å². The molecule has 0 atom stereocenters. The van der Waals surface area contributed by atoms with Crippen LogP contribution in [-0.4, -0.2) is 58.5 Å². The number of carbonyl (C=O) groups is 1. The van der Waals surface area contributed by atoms with E-state index in [1.54, 1.807) is 0 Å². The highest BCUT2D eigenvalue weighted by molar-refractivity contribution is 5.74. The number of piperidine rings is 1. The molecule has 7 nitrogen and oxygen atoms in total. The van der Waals surface area contributed by atoms with Gasteiger partial charge in [0, 0.05) is 44.7 Å². The molecule has 0 aromatic carbocycles. The Bertz CT molecular complexity index is 531. The molecule has 1 aromatic rings. The van der Waals surface area contributed by atoms with Gasteiger partial charge < -0.3 is 15.0 Å². The summed E-state index contributed by atoms with van der Waals surface area (Å²) in [6.45, 7) is 7.35. The van der Waals surface area contributed by atoms with E-state index in [9.17, 15) is 4.79 Å². The van der Waals surface area contributed by atoms with Crippen molar-refractivity contribution in [2.24, 2.45) is 5.92 Å². The zero-order chi connectivity index (χ0) is 16.9. The first-order chi connectivity index (χ1) is 11.6. The van der Waals surface area contributed by atoms with E-state index < -0.39 is 0 Å². The first kappa shape index (κ1) is 17.2. The van der Waals surface area contributed by atoms with E-state index in [0.717, 1.165) is 70.1 Å². The molecular formula is C17H29N5O2. The minimum atomic E-state index is 0.0853. The zero-order valence-corrected chi connectivity index (χ0v) is 14.8. The monoisotopic (exact) mass is 335 g/mol. The van der Waals surface area contributed by atoms with E-state index in [-0.39, 0.29) is 12.1 Å². The molecule has 2 fully saturated rings. The van der Waals surface area contributed by atoms with Gasteiger partial charge in [-0.05, 0) is 31.6 Å². The normalized spacial score (nSPS) is 20.5. The van der Waals surface area contributed by atoms with E-state index in [0.29, 0.717) is 11.8 Å². The van der Waals surface area contributed by atoms with Crippen molar-refractivity contribution in [3.05, 3.63) is 11.6 Å². The van der Waals surface area contributed by atoms with Gasteiger partial charge in [-0.3, -0.25) is 5.10 Å². The molecule has 0 aliphatic carbocycles. The van der Waals surface area contributed by atoms with Crippen LogP contribution in [0.4, 0.5) is 4.79 Å². The predicted octanol–water partition coefficient (Wildman–Crippen LogP) is 2.07. The van der Waals surface area contributed by atoms with Gasteiger partial charge in [0.1, 0.15) is 5.82 Å². The summed E-state index contributed by atoms with van der Waals surface area (Å²) in [4.78, 5) is 18.9. The molecule has 3 heterocycles. The van der Waals surface area contributed by atoms with Crippen LogP contribution >= 0.6 is 0 Å². The molecule has 134 valence electrons. The van der Waals surface area contributed by atoms with Gasteiger partial charge in [-0.25, -0.2) is 9.78 Å². The molecule has 0 unspecified atom stereocenters. The number of likely N-dealkylation sites (tertiary alicyclic amines) is 1. The van der Waals surface area contributed by atoms with E-state index in [2.05, 4.69) is 34.3 Å². The van der Waals surface area contributed by atoms with Gasteiger partial charge in [0.2, 0.25) is 0 Å². The fourth-order valence-corrected chi connectivity index (χ4v) is 3.38. The summed E-state index contributed by atoms with van der Waals surface area (Å²) >= 11 is 0. The number of nitrogens with one attached hydrogen (secondary N) is 2. The predicted molar refractivity (Wildman–Crippen MR) is 90.8 cm³/mol. The molecule has 0 radical (unpaired) electrons. The molecule has 7 heteroatoms. The number of H-pyrrole nitrogens is 1. The zero-order valence-electron chi connectivity index (χ0n) is 14.8. The summed E-state index contributed by atoms with van der Waals surface area (Å²) in [6.07, 6.45) is 4.82. The van der Waals surface area contributed by atoms with Crippen LogP contribution in [0.15, 0.2) is 0 Å². The highest BCUT2D eigenvalue weighted by atomic mass is 16.5. The summed E-state index contributed by atoms with van der Waals surface area (Å²) in [5.41, 5.74) is 0. The fraction of sp³-hybridized carbons (Fsp3) is 0.824. The van der Waals surface area contributed by atoms with Crippen LogP contribution in [0, 0.1) is 5.92 Å². The minimum Gasteiger partial charge on any atom is -0.381 e. The Morgan fingerprint density at radius 2 is 2.00 bits per heavy atom. The summed E-state index contributed by atoms with van der Waals surface area (Å²) in [5, 5.41) is 10.5. The van der Waals surface area contributed by atoms with Gasteiger partial charge in [-0.15, -0.1) is 0 Å². The van der Waals surface area contributed by atoms with Gasteiger partial charge in [0.05, 0.1) is 0 Å². The number of urea groups is 1. The van der Waals surface area contributed by atoms with Crippen LogP contribution in [-0.2, 0) is 11.2 Å². The van der Waals surface area contributed by atoms with E-state index in [1.807, 2.05) is 4.90 Å². The van der Waals surface area contributed by atoms with Gasteiger partial charge in [-0.1, -0.05) is 13.8 Å². The van der Waals surface area contributed by atoms with Gasteiger partial charge in [-0.2, -0.15) is 5.10 Å². The standard InChI is InChI=1S/C17H29N5O2/c1-12(2)16-19-15(20-21-16)11-13-3-7-22(8-4-13)17(23)18-14-5-9-24-10-6-14/h12-14H,3-11H2,1-2H3,(H,18,23)(H,19,20,21). The SMILES string of the molecule is CC(C)c1n[nH]c(CC2CCN(C(=O)NC3CCOCC3)CC2)n1. The largest absolute Gasteiger partial charge is 0.381 e. The second-order valence-corrected chi connectivity index (χ2v) is 7.27. The maximum atomic E-state index is 12.4. The molecule has 2 amide bonds. The van der Waals surface area contributed by atoms with Crippen LogP contribution in [0.2, 0.25) is 0 Å². The molecule has 2 aliphatic heterocycles. The lowest BCUT2D eigenvalue weighted by molar-refractivity contribution is 0.0771. The highest BCUT2D eigenvalue weighted by Crippen LogP contribution is 2.21. The molecule has 1 aromatic heterocycles. The number of hydrogen-bond acceptors (Lipinski definition) is 4. The molecule has 0 spiro atoms. The molecule has 2 aliphatic rings. The molecular weight excluding hydrogens is 306 g/mol. The Hall–Kier alpha value is -1.63. The number of carbonyl (C=O) groups excluding carboxylic acids is 1. The number of aromatic nitrogens is 3. The Morgan fingerprint density at radius 1 is 1.29 bits per heavy atom. The maximum Gasteiger partial charge on any atom is 0.317 e. The van der Waals surface area contributed by atoms with Crippen molar-refractivity contribution in [2.45, 2.75) is 57.9 Å². The summed E-state index contributed by atoms with van der Waals surface area (Å²) < 4.78 is 5.33. The van der Waals surface area contributed by atoms with Crippen molar-refractivity contribution in [1.29, 1.82) is 0 Å². The van der Waals surface area contributed by atoms with Crippen molar-refractivity contribution in [2.75, 3.05) is 26.3 Å². The maximum absolute atomic E-state index is 12.4. The summed E-state index contributed by atoms with van der Waals surface area (Å²) in [7, 11) is 0. The molecule has 3 rings (SSSR count). The molecule has 24 heavy (non-hydrogen) atoms. The van der Waals surface area contributed by atoms with Gasteiger partial charge >= 0.3 is 6.03 Å². The Kier molecular flexibility index (Phi) is 5.71. The summed E-state index contributed by atoms with van der Waals surface area (Å²) in [6, 6.07) is 0.356. The quantitative estimate of drug-likeness (QED) is 0.882. The lowest BCUT2D eigenvalue weighted by Gasteiger charge is -2.33. The third-order valence-corrected chi connectivity index (χ3v) is 5.00. The topological polar surface area (TPSA) is 83.1 Å².